The summed E-state index contributed by atoms with van der Waals surface area (Å²) in [7, 11) is -16.7. The van der Waals surface area contributed by atoms with E-state index in [1.807, 2.05) is 0 Å². The number of phosphoric ester groups is 1. The van der Waals surface area contributed by atoms with E-state index in [0.29, 0.717) is 11.0 Å². The van der Waals surface area contributed by atoms with E-state index < -0.39 is 54.6 Å². The van der Waals surface area contributed by atoms with E-state index in [4.69, 9.17) is 31.6 Å². The lowest BCUT2D eigenvalue weighted by molar-refractivity contribution is -0.0530. The van der Waals surface area contributed by atoms with Gasteiger partial charge in [0.05, 0.1) is 6.61 Å². The maximum atomic E-state index is 11.8. The lowest BCUT2D eigenvalue weighted by atomic mass is 10.1. The first kappa shape index (κ1) is 25.7. The topological polar surface area (TPSA) is 243 Å². The van der Waals surface area contributed by atoms with Gasteiger partial charge in [-0.25, -0.2) is 18.7 Å². The van der Waals surface area contributed by atoms with E-state index in [1.54, 1.807) is 13.1 Å². The van der Waals surface area contributed by atoms with Gasteiger partial charge in [0.25, 0.3) is 0 Å². The Labute approximate surface area is 183 Å². The van der Waals surface area contributed by atoms with E-state index in [9.17, 15) is 28.8 Å². The zero-order valence-electron chi connectivity index (χ0n) is 15.9. The Morgan fingerprint density at radius 1 is 1.16 bits per heavy atom. The number of H-pyrrole nitrogens is 1. The van der Waals surface area contributed by atoms with Crippen molar-refractivity contribution in [2.45, 2.75) is 31.5 Å². The summed E-state index contributed by atoms with van der Waals surface area (Å²) in [6.07, 6.45) is -2.72. The number of fused-ring (bicyclic) bond motifs is 1. The molecule has 2 aromatic heterocycles. The molecule has 32 heavy (non-hydrogen) atoms. The molecule has 20 heteroatoms. The molecule has 0 amide bonds. The lowest BCUT2D eigenvalue weighted by Crippen LogP contribution is -2.33. The number of nitrogens with zero attached hydrogens (tertiary/aromatic N) is 2. The van der Waals surface area contributed by atoms with Gasteiger partial charge in [-0.15, -0.1) is 0 Å². The molecule has 0 bridgehead atoms. The summed E-state index contributed by atoms with van der Waals surface area (Å²) in [5.41, 5.74) is 1.30. The van der Waals surface area contributed by atoms with Crippen LogP contribution in [0.1, 0.15) is 11.8 Å². The number of hydrogen-bond donors (Lipinski definition) is 7. The van der Waals surface area contributed by atoms with Crippen LogP contribution in [0.4, 0.5) is 0 Å². The molecule has 6 atom stereocenters. The first-order valence-corrected chi connectivity index (χ1v) is 13.4. The highest BCUT2D eigenvalue weighted by Crippen LogP contribution is 2.66. The highest BCUT2D eigenvalue weighted by Gasteiger charge is 2.46. The van der Waals surface area contributed by atoms with Crippen LogP contribution in [0.25, 0.3) is 11.0 Å². The molecular weight excluding hydrogens is 519 g/mol. The minimum absolute atomic E-state index is 0.0101. The largest absolute Gasteiger partial charge is 0.490 e. The first-order chi connectivity index (χ1) is 14.6. The number of aromatic amines is 1. The zero-order valence-corrected chi connectivity index (χ0v) is 19.4. The molecule has 7 N–H and O–H groups in total. The van der Waals surface area contributed by atoms with Crippen molar-refractivity contribution >= 4 is 46.7 Å². The molecular formula is C12H18N3O13P3S. The fourth-order valence-corrected chi connectivity index (χ4v) is 6.15. The normalized spacial score (nSPS) is 28.0. The number of aliphatic hydroxyl groups excluding tert-OH is 2. The average molecular weight is 537 g/mol. The van der Waals surface area contributed by atoms with Gasteiger partial charge >= 0.3 is 23.5 Å². The third kappa shape index (κ3) is 5.97. The van der Waals surface area contributed by atoms with Crippen molar-refractivity contribution in [3.8, 4) is 0 Å². The van der Waals surface area contributed by atoms with Gasteiger partial charge in [0.1, 0.15) is 24.0 Å². The number of aryl methyl sites for hydroxylation is 1. The highest BCUT2D eigenvalue weighted by atomic mass is 32.1. The number of ether oxygens (including phenoxy) is 1. The van der Waals surface area contributed by atoms with Crippen LogP contribution in [0.3, 0.4) is 0 Å². The molecule has 0 radical (unpaired) electrons. The summed E-state index contributed by atoms with van der Waals surface area (Å²) in [4.78, 5) is 42.8. The molecule has 1 aliphatic rings. The standard InChI is InChI=1S/C12H18N3O13P3S/c1-5-2-13-10-6(5)3-15(12(32)14-10)11-9(17)8(16)7(26-11)4-25-30(21,22)28-31(23,24)27-29(18,19)20/h2-3,7-9,11,16-17H,4H2,1H3,(H,21,22)(H,23,24)(H,13,14,32)(H2,18,19,20)/t7-,8?,9+,11-/m1/s1. The molecule has 1 aliphatic heterocycles. The summed E-state index contributed by atoms with van der Waals surface area (Å²) in [6, 6.07) is 0. The predicted molar refractivity (Wildman–Crippen MR) is 105 cm³/mol. The molecule has 180 valence electrons. The van der Waals surface area contributed by atoms with Crippen LogP contribution in [-0.4, -0.2) is 69.2 Å². The van der Waals surface area contributed by atoms with Crippen molar-refractivity contribution in [2.24, 2.45) is 0 Å². The molecule has 16 nitrogen and oxygen atoms in total. The second-order valence-corrected chi connectivity index (χ2v) is 11.4. The monoisotopic (exact) mass is 537 g/mol. The number of hydrogen-bond acceptors (Lipinski definition) is 11. The number of rotatable bonds is 8. The molecule has 2 aromatic rings. The van der Waals surface area contributed by atoms with Crippen LogP contribution in [0.15, 0.2) is 12.4 Å². The quantitative estimate of drug-likeness (QED) is 0.178. The highest BCUT2D eigenvalue weighted by molar-refractivity contribution is 7.71. The Kier molecular flexibility index (Phi) is 7.29. The van der Waals surface area contributed by atoms with Crippen LogP contribution in [0, 0.1) is 11.7 Å². The van der Waals surface area contributed by atoms with Crippen molar-refractivity contribution in [3.05, 3.63) is 22.7 Å². The summed E-state index contributed by atoms with van der Waals surface area (Å²) >= 11 is 5.17. The second kappa shape index (κ2) is 9.06. The number of phosphoric acid groups is 3. The van der Waals surface area contributed by atoms with Crippen LogP contribution in [0.2, 0.25) is 0 Å². The Hall–Kier alpha value is -0.870. The van der Waals surface area contributed by atoms with Crippen LogP contribution < -0.4 is 0 Å². The van der Waals surface area contributed by atoms with E-state index in [0.717, 1.165) is 5.56 Å². The van der Waals surface area contributed by atoms with Crippen molar-refractivity contribution < 1.29 is 61.4 Å². The van der Waals surface area contributed by atoms with Gasteiger partial charge in [-0.05, 0) is 24.7 Å². The molecule has 0 aliphatic carbocycles. The number of aliphatic hydroxyl groups is 2. The van der Waals surface area contributed by atoms with Gasteiger partial charge in [0.15, 0.2) is 6.23 Å². The molecule has 3 heterocycles. The van der Waals surface area contributed by atoms with E-state index >= 15 is 0 Å². The minimum Gasteiger partial charge on any atom is -0.387 e. The Bertz CT molecular complexity index is 1210. The summed E-state index contributed by atoms with van der Waals surface area (Å²) in [5, 5.41) is 21.2. The average Bonchev–Trinajstić information content (AvgIpc) is 3.10. The van der Waals surface area contributed by atoms with Gasteiger partial charge < -0.3 is 39.5 Å². The number of nitrogens with one attached hydrogen (secondary N) is 1. The van der Waals surface area contributed by atoms with E-state index in [1.165, 1.54) is 10.8 Å². The SMILES string of the molecule is Cc1c[nH]c2nc(=S)n([C@@H]3O[C@H](COP(=O)(O)OP(=O)(O)OP(=O)(O)O)C(O)[C@@H]3O)cc12. The van der Waals surface area contributed by atoms with Crippen molar-refractivity contribution in [1.29, 1.82) is 0 Å². The molecule has 3 rings (SSSR count). The maximum Gasteiger partial charge on any atom is 0.490 e. The zero-order chi connectivity index (χ0) is 24.1. The molecule has 0 spiro atoms. The third-order valence-electron chi connectivity index (χ3n) is 4.23. The Morgan fingerprint density at radius 2 is 1.81 bits per heavy atom. The van der Waals surface area contributed by atoms with Crippen molar-refractivity contribution in [2.75, 3.05) is 6.61 Å². The Morgan fingerprint density at radius 3 is 2.44 bits per heavy atom. The first-order valence-electron chi connectivity index (χ1n) is 8.45. The molecule has 1 saturated heterocycles. The fraction of sp³-hybridized carbons (Fsp3) is 0.500. The van der Waals surface area contributed by atoms with Gasteiger partial charge in [-0.1, -0.05) is 0 Å². The minimum atomic E-state index is -5.70. The maximum absolute atomic E-state index is 11.8. The summed E-state index contributed by atoms with van der Waals surface area (Å²) < 4.78 is 52.2. The molecule has 3 unspecified atom stereocenters. The van der Waals surface area contributed by atoms with Gasteiger partial charge in [0.2, 0.25) is 4.77 Å². The summed E-state index contributed by atoms with van der Waals surface area (Å²) in [6.45, 7) is 0.852. The molecule has 0 saturated carbocycles. The number of aromatic nitrogens is 3. The van der Waals surface area contributed by atoms with Gasteiger partial charge in [-0.3, -0.25) is 9.09 Å². The second-order valence-electron chi connectivity index (χ2n) is 6.60. The van der Waals surface area contributed by atoms with Crippen LogP contribution in [0.5, 0.6) is 0 Å². The smallest absolute Gasteiger partial charge is 0.387 e. The molecule has 1 fully saturated rings. The van der Waals surface area contributed by atoms with Crippen molar-refractivity contribution in [3.63, 3.8) is 0 Å². The third-order valence-corrected chi connectivity index (χ3v) is 8.34. The molecule has 0 aromatic carbocycles. The van der Waals surface area contributed by atoms with E-state index in [-0.39, 0.29) is 4.77 Å². The van der Waals surface area contributed by atoms with E-state index in [2.05, 4.69) is 23.1 Å². The lowest BCUT2D eigenvalue weighted by Gasteiger charge is -2.19. The summed E-state index contributed by atoms with van der Waals surface area (Å²) in [5.74, 6) is 0. The van der Waals surface area contributed by atoms with Gasteiger partial charge in [-0.2, -0.15) is 8.62 Å². The van der Waals surface area contributed by atoms with Crippen LogP contribution >= 0.6 is 35.7 Å². The predicted octanol–water partition coefficient (Wildman–Crippen LogP) is 0.365. The fourth-order valence-electron chi connectivity index (χ4n) is 2.87. The van der Waals surface area contributed by atoms with Gasteiger partial charge in [0, 0.05) is 17.8 Å². The van der Waals surface area contributed by atoms with Crippen LogP contribution in [-0.2, 0) is 31.6 Å². The van der Waals surface area contributed by atoms with Crippen molar-refractivity contribution in [1.82, 2.24) is 14.5 Å². The Balaban J connectivity index is 1.72.